The van der Waals surface area contributed by atoms with Crippen molar-refractivity contribution in [3.05, 3.63) is 34.7 Å². The first kappa shape index (κ1) is 17.2. The molecule has 2 aromatic rings. The number of rotatable bonds is 6. The zero-order chi connectivity index (χ0) is 18.1. The zero-order valence-corrected chi connectivity index (χ0v) is 13.7. The van der Waals surface area contributed by atoms with E-state index in [0.717, 1.165) is 23.7 Å². The summed E-state index contributed by atoms with van der Waals surface area (Å²) >= 11 is 0. The highest BCUT2D eigenvalue weighted by molar-refractivity contribution is 5.83. The molecule has 0 aromatic carbocycles. The number of amides is 1. The molecule has 0 atom stereocenters. The van der Waals surface area contributed by atoms with Crippen molar-refractivity contribution >= 4 is 12.1 Å². The van der Waals surface area contributed by atoms with Gasteiger partial charge < -0.3 is 0 Å². The molecule has 0 radical (unpaired) electrons. The monoisotopic (exact) mass is 354 g/mol. The van der Waals surface area contributed by atoms with E-state index in [0.29, 0.717) is 11.4 Å². The number of alkyl halides is 2. The minimum atomic E-state index is -2.68. The summed E-state index contributed by atoms with van der Waals surface area (Å²) < 4.78 is 41.7. The molecule has 1 fully saturated rings. The topological polar surface area (TPSA) is 77.1 Å². The van der Waals surface area contributed by atoms with Crippen molar-refractivity contribution in [3.63, 3.8) is 0 Å². The van der Waals surface area contributed by atoms with Crippen molar-refractivity contribution in [3.8, 4) is 0 Å². The number of aryl methyl sites for hydroxylation is 2. The molecule has 1 saturated carbocycles. The molecule has 2 heterocycles. The Kier molecular flexibility index (Phi) is 4.60. The third kappa shape index (κ3) is 3.72. The molecule has 0 unspecified atom stereocenters. The normalized spacial score (nSPS) is 14.6. The van der Waals surface area contributed by atoms with Gasteiger partial charge in [0, 0.05) is 18.7 Å². The van der Waals surface area contributed by atoms with Crippen LogP contribution in [-0.4, -0.2) is 31.7 Å². The summed E-state index contributed by atoms with van der Waals surface area (Å²) in [6.07, 6.45) is 0.267. The van der Waals surface area contributed by atoms with Crippen LogP contribution in [0.2, 0.25) is 0 Å². The summed E-state index contributed by atoms with van der Waals surface area (Å²) in [6, 6.07) is 1.34. The van der Waals surface area contributed by atoms with E-state index in [1.807, 2.05) is 0 Å². The van der Waals surface area contributed by atoms with Crippen molar-refractivity contribution in [2.24, 2.45) is 12.1 Å². The fourth-order valence-electron chi connectivity index (χ4n) is 2.53. The van der Waals surface area contributed by atoms with Gasteiger partial charge in [-0.2, -0.15) is 19.7 Å². The van der Waals surface area contributed by atoms with Crippen LogP contribution in [0.5, 0.6) is 0 Å². The zero-order valence-electron chi connectivity index (χ0n) is 13.7. The summed E-state index contributed by atoms with van der Waals surface area (Å²) in [5.41, 5.74) is 3.13. The maximum atomic E-state index is 13.7. The SMILES string of the molecule is Cc1nn(C)c(F)c1/C=N/NC(=O)Cn1nc(C(F)F)cc1C1CC1. The Balaban J connectivity index is 1.66. The first-order chi connectivity index (χ1) is 11.9. The van der Waals surface area contributed by atoms with Gasteiger partial charge in [0.25, 0.3) is 12.3 Å². The van der Waals surface area contributed by atoms with Crippen LogP contribution in [-0.2, 0) is 18.4 Å². The Labute approximate surface area is 141 Å². The number of carbonyl (C=O) groups excluding carboxylic acids is 1. The van der Waals surface area contributed by atoms with Crippen LogP contribution < -0.4 is 5.43 Å². The summed E-state index contributed by atoms with van der Waals surface area (Å²) in [7, 11) is 1.45. The van der Waals surface area contributed by atoms with Crippen LogP contribution in [0.4, 0.5) is 13.2 Å². The number of carbonyl (C=O) groups is 1. The van der Waals surface area contributed by atoms with Gasteiger partial charge in [0.1, 0.15) is 12.2 Å². The number of halogens is 3. The summed E-state index contributed by atoms with van der Waals surface area (Å²) in [5, 5.41) is 11.4. The van der Waals surface area contributed by atoms with Crippen molar-refractivity contribution in [1.82, 2.24) is 25.0 Å². The molecule has 1 amide bonds. The number of nitrogens with zero attached hydrogens (tertiary/aromatic N) is 5. The van der Waals surface area contributed by atoms with E-state index < -0.39 is 18.3 Å². The molecular weight excluding hydrogens is 337 g/mol. The second-order valence-corrected chi connectivity index (χ2v) is 5.93. The molecule has 3 rings (SSSR count). The van der Waals surface area contributed by atoms with E-state index in [-0.39, 0.29) is 23.7 Å². The molecule has 25 heavy (non-hydrogen) atoms. The Bertz CT molecular complexity index is 822. The van der Waals surface area contributed by atoms with Gasteiger partial charge in [-0.25, -0.2) is 18.9 Å². The maximum absolute atomic E-state index is 13.7. The minimum Gasteiger partial charge on any atom is -0.271 e. The number of nitrogens with one attached hydrogen (secondary N) is 1. The molecule has 2 aromatic heterocycles. The summed E-state index contributed by atoms with van der Waals surface area (Å²) in [4.78, 5) is 12.0. The van der Waals surface area contributed by atoms with Gasteiger partial charge in [0.05, 0.1) is 17.5 Å². The van der Waals surface area contributed by atoms with Gasteiger partial charge in [0.2, 0.25) is 5.95 Å². The van der Waals surface area contributed by atoms with E-state index in [9.17, 15) is 18.0 Å². The predicted octanol–water partition coefficient (Wildman–Crippen LogP) is 2.03. The number of hydrogen-bond donors (Lipinski definition) is 1. The average Bonchev–Trinajstić information content (AvgIpc) is 3.26. The molecule has 10 heteroatoms. The third-order valence-corrected chi connectivity index (χ3v) is 3.92. The first-order valence-electron chi connectivity index (χ1n) is 7.73. The third-order valence-electron chi connectivity index (χ3n) is 3.92. The number of aromatic nitrogens is 4. The Morgan fingerprint density at radius 2 is 2.20 bits per heavy atom. The molecular formula is C15H17F3N6O. The van der Waals surface area contributed by atoms with E-state index in [2.05, 4.69) is 20.7 Å². The fourth-order valence-corrected chi connectivity index (χ4v) is 2.53. The smallest absolute Gasteiger partial charge is 0.271 e. The second-order valence-electron chi connectivity index (χ2n) is 5.93. The van der Waals surface area contributed by atoms with Crippen LogP contribution in [0.3, 0.4) is 0 Å². The van der Waals surface area contributed by atoms with Crippen LogP contribution in [0.15, 0.2) is 11.2 Å². The number of hydrazone groups is 1. The van der Waals surface area contributed by atoms with E-state index in [1.165, 1.54) is 17.8 Å². The lowest BCUT2D eigenvalue weighted by atomic mass is 10.2. The molecule has 134 valence electrons. The van der Waals surface area contributed by atoms with E-state index in [4.69, 9.17) is 0 Å². The molecule has 1 aliphatic rings. The predicted molar refractivity (Wildman–Crippen MR) is 82.8 cm³/mol. The fraction of sp³-hybridized carbons (Fsp3) is 0.467. The maximum Gasteiger partial charge on any atom is 0.282 e. The highest BCUT2D eigenvalue weighted by Gasteiger charge is 2.30. The first-order valence-corrected chi connectivity index (χ1v) is 7.73. The molecule has 1 N–H and O–H groups in total. The van der Waals surface area contributed by atoms with Gasteiger partial charge in [-0.1, -0.05) is 0 Å². The highest BCUT2D eigenvalue weighted by atomic mass is 19.3. The summed E-state index contributed by atoms with van der Waals surface area (Å²) in [6.45, 7) is 1.38. The minimum absolute atomic E-state index is 0.167. The van der Waals surface area contributed by atoms with Crippen molar-refractivity contribution in [2.45, 2.75) is 38.7 Å². The van der Waals surface area contributed by atoms with E-state index >= 15 is 0 Å². The molecule has 1 aliphatic carbocycles. The highest BCUT2D eigenvalue weighted by Crippen LogP contribution is 2.41. The molecule has 0 aliphatic heterocycles. The van der Waals surface area contributed by atoms with Crippen molar-refractivity contribution in [2.75, 3.05) is 0 Å². The molecule has 0 saturated heterocycles. The van der Waals surface area contributed by atoms with Gasteiger partial charge in [-0.05, 0) is 25.8 Å². The van der Waals surface area contributed by atoms with Crippen LogP contribution >= 0.6 is 0 Å². The Morgan fingerprint density at radius 3 is 2.76 bits per heavy atom. The quantitative estimate of drug-likeness (QED) is 0.637. The Hall–Kier alpha value is -2.65. The summed E-state index contributed by atoms with van der Waals surface area (Å²) in [5.74, 6) is -0.937. The second kappa shape index (κ2) is 6.69. The van der Waals surface area contributed by atoms with Crippen LogP contribution in [0.25, 0.3) is 0 Å². The largest absolute Gasteiger partial charge is 0.282 e. The lowest BCUT2D eigenvalue weighted by Crippen LogP contribution is -2.24. The van der Waals surface area contributed by atoms with Crippen molar-refractivity contribution in [1.29, 1.82) is 0 Å². The van der Waals surface area contributed by atoms with Crippen LogP contribution in [0.1, 0.15) is 47.8 Å². The average molecular weight is 354 g/mol. The standard InChI is InChI=1S/C15H17F3N6O/c1-8-10(15(18)23(2)21-8)6-19-20-13(25)7-24-12(9-3-4-9)5-11(22-24)14(16)17/h5-6,9,14H,3-4,7H2,1-2H3,(H,20,25)/b19-6+. The molecule has 7 nitrogen and oxygen atoms in total. The van der Waals surface area contributed by atoms with Gasteiger partial charge >= 0.3 is 0 Å². The Morgan fingerprint density at radius 1 is 1.48 bits per heavy atom. The van der Waals surface area contributed by atoms with Gasteiger partial charge in [-0.15, -0.1) is 0 Å². The van der Waals surface area contributed by atoms with E-state index in [1.54, 1.807) is 6.92 Å². The van der Waals surface area contributed by atoms with Crippen LogP contribution in [0, 0.1) is 12.9 Å². The molecule has 0 bridgehead atoms. The van der Waals surface area contributed by atoms with Gasteiger partial charge in [-0.3, -0.25) is 9.48 Å². The molecule has 0 spiro atoms. The van der Waals surface area contributed by atoms with Gasteiger partial charge in [0.15, 0.2) is 0 Å². The van der Waals surface area contributed by atoms with Crippen molar-refractivity contribution < 1.29 is 18.0 Å². The lowest BCUT2D eigenvalue weighted by Gasteiger charge is -2.05. The lowest BCUT2D eigenvalue weighted by molar-refractivity contribution is -0.121. The number of hydrogen-bond acceptors (Lipinski definition) is 4.